The first-order chi connectivity index (χ1) is 8.10. The van der Waals surface area contributed by atoms with E-state index >= 15 is 0 Å². The van der Waals surface area contributed by atoms with Crippen LogP contribution in [-0.2, 0) is 5.60 Å². The second-order valence-electron chi connectivity index (χ2n) is 4.89. The summed E-state index contributed by atoms with van der Waals surface area (Å²) in [5.74, 6) is 0. The van der Waals surface area contributed by atoms with Crippen LogP contribution in [0.3, 0.4) is 0 Å². The Bertz CT molecular complexity index is 428. The first kappa shape index (κ1) is 11.7. The van der Waals surface area contributed by atoms with Crippen LogP contribution in [0.2, 0.25) is 5.02 Å². The van der Waals surface area contributed by atoms with Crippen molar-refractivity contribution in [2.75, 3.05) is 0 Å². The average molecular weight is 274 g/mol. The fraction of sp³-hybridized carbons (Fsp3) is 0.636. The predicted molar refractivity (Wildman–Crippen MR) is 64.7 cm³/mol. The molecule has 3 heterocycles. The molecule has 92 valence electrons. The smallest absolute Gasteiger partial charge is 0.115 e. The number of aromatic nitrogens is 2. The lowest BCUT2D eigenvalue weighted by molar-refractivity contribution is -0.0372. The summed E-state index contributed by atoms with van der Waals surface area (Å²) in [6, 6.07) is 0.429. The van der Waals surface area contributed by atoms with Crippen LogP contribution in [0, 0.1) is 0 Å². The Morgan fingerprint density at radius 3 is 2.59 bits per heavy atom. The van der Waals surface area contributed by atoms with Gasteiger partial charge in [-0.3, -0.25) is 0 Å². The van der Waals surface area contributed by atoms with E-state index < -0.39 is 5.60 Å². The third kappa shape index (κ3) is 1.83. The minimum absolute atomic E-state index is 0.214. The van der Waals surface area contributed by atoms with Crippen LogP contribution in [0.15, 0.2) is 12.5 Å². The Hall–Kier alpha value is -0.420. The molecule has 2 aliphatic rings. The van der Waals surface area contributed by atoms with E-state index in [-0.39, 0.29) is 12.1 Å². The molecule has 4 nitrogen and oxygen atoms in total. The molecule has 1 aromatic heterocycles. The standard InChI is InChI=1S/C11H13Cl2N3O/c12-9-5-14-6-15-10(9)11(17)3-7-1-2-8(4-11)16(7)13/h5-8,17H,1-4H2. The SMILES string of the molecule is OC1(c2ncncc2Cl)CC2CCC(C1)N2Cl. The van der Waals surface area contributed by atoms with Crippen LogP contribution in [-0.4, -0.2) is 31.6 Å². The molecule has 0 aliphatic carbocycles. The maximum atomic E-state index is 10.8. The molecule has 0 saturated carbocycles. The van der Waals surface area contributed by atoms with Gasteiger partial charge in [-0.1, -0.05) is 11.6 Å². The summed E-state index contributed by atoms with van der Waals surface area (Å²) in [7, 11) is 0. The van der Waals surface area contributed by atoms with Crippen molar-refractivity contribution in [1.82, 2.24) is 14.4 Å². The molecule has 2 fully saturated rings. The molecule has 17 heavy (non-hydrogen) atoms. The number of hydrogen-bond acceptors (Lipinski definition) is 4. The number of piperidine rings is 1. The van der Waals surface area contributed by atoms with Crippen molar-refractivity contribution in [3.63, 3.8) is 0 Å². The lowest BCUT2D eigenvalue weighted by Crippen LogP contribution is -2.46. The number of halogens is 2. The van der Waals surface area contributed by atoms with Gasteiger partial charge in [-0.25, -0.2) is 14.4 Å². The highest BCUT2D eigenvalue weighted by Gasteiger charge is 2.49. The van der Waals surface area contributed by atoms with Crippen LogP contribution in [0.5, 0.6) is 0 Å². The Kier molecular flexibility index (Phi) is 2.78. The molecular formula is C11H13Cl2N3O. The predicted octanol–water partition coefficient (Wildman–Crippen LogP) is 2.10. The molecule has 2 aliphatic heterocycles. The maximum Gasteiger partial charge on any atom is 0.115 e. The van der Waals surface area contributed by atoms with E-state index in [2.05, 4.69) is 9.97 Å². The Labute approximate surface area is 110 Å². The van der Waals surface area contributed by atoms with Crippen molar-refractivity contribution in [2.24, 2.45) is 0 Å². The minimum Gasteiger partial charge on any atom is -0.383 e. The average Bonchev–Trinajstić information content (AvgIpc) is 2.53. The first-order valence-corrected chi connectivity index (χ1v) is 6.44. The highest BCUT2D eigenvalue weighted by molar-refractivity contribution is 6.31. The van der Waals surface area contributed by atoms with Gasteiger partial charge in [0, 0.05) is 18.3 Å². The van der Waals surface area contributed by atoms with E-state index in [1.54, 1.807) is 0 Å². The zero-order valence-corrected chi connectivity index (χ0v) is 10.7. The second kappa shape index (κ2) is 4.05. The highest BCUT2D eigenvalue weighted by Crippen LogP contribution is 2.47. The molecule has 0 spiro atoms. The second-order valence-corrected chi connectivity index (χ2v) is 5.69. The molecule has 1 N–H and O–H groups in total. The van der Waals surface area contributed by atoms with Gasteiger partial charge < -0.3 is 5.11 Å². The topological polar surface area (TPSA) is 49.3 Å². The zero-order valence-electron chi connectivity index (χ0n) is 9.18. The van der Waals surface area contributed by atoms with Gasteiger partial charge in [0.25, 0.3) is 0 Å². The third-order valence-corrected chi connectivity index (χ3v) is 4.61. The van der Waals surface area contributed by atoms with Crippen LogP contribution >= 0.6 is 23.4 Å². The third-order valence-electron chi connectivity index (χ3n) is 3.79. The van der Waals surface area contributed by atoms with Gasteiger partial charge in [-0.05, 0) is 37.5 Å². The van der Waals surface area contributed by atoms with Crippen LogP contribution in [0.25, 0.3) is 0 Å². The molecule has 2 unspecified atom stereocenters. The molecule has 0 radical (unpaired) electrons. The van der Waals surface area contributed by atoms with Crippen molar-refractivity contribution < 1.29 is 5.11 Å². The van der Waals surface area contributed by atoms with Crippen LogP contribution < -0.4 is 0 Å². The van der Waals surface area contributed by atoms with E-state index in [4.69, 9.17) is 23.4 Å². The first-order valence-electron chi connectivity index (χ1n) is 5.72. The Morgan fingerprint density at radius 1 is 1.35 bits per heavy atom. The van der Waals surface area contributed by atoms with Crippen molar-refractivity contribution >= 4 is 23.4 Å². The summed E-state index contributed by atoms with van der Waals surface area (Å²) in [5.41, 5.74) is -0.423. The quantitative estimate of drug-likeness (QED) is 0.797. The van der Waals surface area contributed by atoms with Gasteiger partial charge in [-0.2, -0.15) is 0 Å². The number of aliphatic hydroxyl groups is 1. The summed E-state index contributed by atoms with van der Waals surface area (Å²) >= 11 is 12.3. The van der Waals surface area contributed by atoms with Crippen molar-refractivity contribution in [3.05, 3.63) is 23.2 Å². The highest BCUT2D eigenvalue weighted by atomic mass is 35.5. The molecule has 2 bridgehead atoms. The fourth-order valence-corrected chi connectivity index (χ4v) is 3.63. The van der Waals surface area contributed by atoms with E-state index in [9.17, 15) is 5.11 Å². The van der Waals surface area contributed by atoms with Gasteiger partial charge >= 0.3 is 0 Å². The normalized spacial score (nSPS) is 37.4. The largest absolute Gasteiger partial charge is 0.383 e. The summed E-state index contributed by atoms with van der Waals surface area (Å²) in [5, 5.41) is 11.2. The zero-order chi connectivity index (χ0) is 12.0. The molecular weight excluding hydrogens is 261 g/mol. The minimum atomic E-state index is -0.961. The fourth-order valence-electron chi connectivity index (χ4n) is 3.02. The van der Waals surface area contributed by atoms with Crippen molar-refractivity contribution in [3.8, 4) is 0 Å². The molecule has 0 aromatic carbocycles. The summed E-state index contributed by atoms with van der Waals surface area (Å²) in [4.78, 5) is 7.99. The lowest BCUT2D eigenvalue weighted by Gasteiger charge is -2.40. The Balaban J connectivity index is 1.96. The van der Waals surface area contributed by atoms with Gasteiger partial charge in [0.05, 0.1) is 10.7 Å². The van der Waals surface area contributed by atoms with Crippen LogP contribution in [0.1, 0.15) is 31.4 Å². The number of hydrogen-bond donors (Lipinski definition) is 1. The number of rotatable bonds is 1. The van der Waals surface area contributed by atoms with E-state index in [1.165, 1.54) is 12.5 Å². The van der Waals surface area contributed by atoms with Crippen molar-refractivity contribution in [1.29, 1.82) is 0 Å². The Morgan fingerprint density at radius 2 is 2.00 bits per heavy atom. The summed E-state index contributed by atoms with van der Waals surface area (Å²) in [6.45, 7) is 0. The monoisotopic (exact) mass is 273 g/mol. The molecule has 3 rings (SSSR count). The number of nitrogens with zero attached hydrogens (tertiary/aromatic N) is 3. The van der Waals surface area contributed by atoms with Gasteiger partial charge in [0.1, 0.15) is 11.9 Å². The van der Waals surface area contributed by atoms with E-state index in [0.717, 1.165) is 12.8 Å². The molecule has 2 atom stereocenters. The van der Waals surface area contributed by atoms with E-state index in [1.807, 2.05) is 4.42 Å². The molecule has 6 heteroatoms. The molecule has 0 amide bonds. The lowest BCUT2D eigenvalue weighted by atomic mass is 9.84. The maximum absolute atomic E-state index is 10.8. The van der Waals surface area contributed by atoms with E-state index in [0.29, 0.717) is 23.6 Å². The van der Waals surface area contributed by atoms with Gasteiger partial charge in [0.15, 0.2) is 0 Å². The van der Waals surface area contributed by atoms with Gasteiger partial charge in [-0.15, -0.1) is 0 Å². The number of fused-ring (bicyclic) bond motifs is 2. The molecule has 1 aromatic rings. The molecule has 2 saturated heterocycles. The van der Waals surface area contributed by atoms with Crippen molar-refractivity contribution in [2.45, 2.75) is 43.4 Å². The summed E-state index contributed by atoms with van der Waals surface area (Å²) in [6.07, 6.45) is 6.18. The van der Waals surface area contributed by atoms with Gasteiger partial charge in [0.2, 0.25) is 0 Å². The van der Waals surface area contributed by atoms with Crippen LogP contribution in [0.4, 0.5) is 0 Å². The summed E-state index contributed by atoms with van der Waals surface area (Å²) < 4.78 is 1.85.